The molecule has 1 rings (SSSR count). The number of benzene rings is 1. The van der Waals surface area contributed by atoms with E-state index in [9.17, 15) is 9.59 Å². The predicted molar refractivity (Wildman–Crippen MR) is 70.5 cm³/mol. The van der Waals surface area contributed by atoms with E-state index < -0.39 is 6.09 Å². The molecule has 0 aromatic heterocycles. The van der Waals surface area contributed by atoms with Crippen molar-refractivity contribution in [2.24, 2.45) is 0 Å². The Morgan fingerprint density at radius 2 is 1.89 bits per heavy atom. The van der Waals surface area contributed by atoms with Gasteiger partial charge in [0.05, 0.1) is 6.04 Å². The van der Waals surface area contributed by atoms with Crippen molar-refractivity contribution in [3.05, 3.63) is 35.9 Å². The minimum Gasteiger partial charge on any atom is -0.464 e. The fraction of sp³-hybridized carbons (Fsp3) is 0.429. The number of carbonyl (C=O) groups is 2. The Labute approximate surface area is 112 Å². The van der Waals surface area contributed by atoms with Crippen LogP contribution in [0.2, 0.25) is 0 Å². The van der Waals surface area contributed by atoms with Gasteiger partial charge in [-0.15, -0.1) is 0 Å². The number of carbonyl (C=O) groups excluding carboxylic acids is 2. The molecule has 0 aliphatic rings. The summed E-state index contributed by atoms with van der Waals surface area (Å²) in [5, 5.41) is 2.65. The molecule has 1 aromatic rings. The van der Waals surface area contributed by atoms with Gasteiger partial charge in [0, 0.05) is 6.92 Å². The number of amides is 1. The molecule has 1 N–H and O–H groups in total. The first-order chi connectivity index (χ1) is 9.11. The number of hydrogen-bond acceptors (Lipinski definition) is 4. The number of hydrogen-bond donors (Lipinski definition) is 1. The topological polar surface area (TPSA) is 64.6 Å². The van der Waals surface area contributed by atoms with Crippen LogP contribution in [0.1, 0.15) is 25.8 Å². The Bertz CT molecular complexity index is 405. The Kier molecular flexibility index (Phi) is 6.43. The van der Waals surface area contributed by atoms with E-state index in [2.05, 4.69) is 5.32 Å². The van der Waals surface area contributed by atoms with Gasteiger partial charge < -0.3 is 14.8 Å². The maximum absolute atomic E-state index is 11.6. The summed E-state index contributed by atoms with van der Waals surface area (Å²) in [7, 11) is 0. The summed E-state index contributed by atoms with van der Waals surface area (Å²) in [6, 6.07) is 9.19. The molecule has 0 bridgehead atoms. The molecule has 5 nitrogen and oxygen atoms in total. The molecule has 0 aliphatic carbocycles. The maximum Gasteiger partial charge on any atom is 0.407 e. The van der Waals surface area contributed by atoms with Crippen molar-refractivity contribution >= 4 is 12.1 Å². The van der Waals surface area contributed by atoms with Crippen molar-refractivity contribution in [3.63, 3.8) is 0 Å². The maximum atomic E-state index is 11.6. The smallest absolute Gasteiger partial charge is 0.407 e. The molecule has 19 heavy (non-hydrogen) atoms. The molecule has 104 valence electrons. The van der Waals surface area contributed by atoms with Crippen molar-refractivity contribution in [1.29, 1.82) is 0 Å². The van der Waals surface area contributed by atoms with Crippen molar-refractivity contribution in [1.82, 2.24) is 5.32 Å². The lowest BCUT2D eigenvalue weighted by Crippen LogP contribution is -2.38. The van der Waals surface area contributed by atoms with Crippen molar-refractivity contribution in [2.75, 3.05) is 6.61 Å². The lowest BCUT2D eigenvalue weighted by atomic mass is 10.2. The average Bonchev–Trinajstić information content (AvgIpc) is 2.42. The molecule has 0 radical (unpaired) electrons. The van der Waals surface area contributed by atoms with Gasteiger partial charge in [0.1, 0.15) is 13.2 Å². The summed E-state index contributed by atoms with van der Waals surface area (Å²) in [5.74, 6) is -0.363. The van der Waals surface area contributed by atoms with Crippen LogP contribution in [0, 0.1) is 0 Å². The van der Waals surface area contributed by atoms with Crippen LogP contribution in [0.4, 0.5) is 4.79 Å². The Morgan fingerprint density at radius 1 is 1.21 bits per heavy atom. The van der Waals surface area contributed by atoms with Gasteiger partial charge in [0.2, 0.25) is 0 Å². The number of ether oxygens (including phenoxy) is 2. The van der Waals surface area contributed by atoms with E-state index in [0.29, 0.717) is 6.42 Å². The molecule has 0 saturated heterocycles. The van der Waals surface area contributed by atoms with Crippen LogP contribution in [-0.4, -0.2) is 24.7 Å². The molecule has 0 fully saturated rings. The van der Waals surface area contributed by atoms with Crippen LogP contribution in [-0.2, 0) is 20.9 Å². The normalized spacial score (nSPS) is 11.5. The number of alkyl carbamates (subject to hydrolysis) is 1. The molecular weight excluding hydrogens is 246 g/mol. The molecule has 1 unspecified atom stereocenters. The largest absolute Gasteiger partial charge is 0.464 e. The van der Waals surface area contributed by atoms with Gasteiger partial charge in [0.25, 0.3) is 0 Å². The molecule has 1 atom stereocenters. The second-order valence-corrected chi connectivity index (χ2v) is 4.11. The highest BCUT2D eigenvalue weighted by molar-refractivity contribution is 5.68. The van der Waals surface area contributed by atoms with E-state index in [1.807, 2.05) is 37.3 Å². The fourth-order valence-electron chi connectivity index (χ4n) is 1.41. The first kappa shape index (κ1) is 15.0. The quantitative estimate of drug-likeness (QED) is 0.801. The molecule has 5 heteroatoms. The molecule has 0 aliphatic heterocycles. The lowest BCUT2D eigenvalue weighted by Gasteiger charge is -2.16. The summed E-state index contributed by atoms with van der Waals surface area (Å²) in [5.41, 5.74) is 0.922. The van der Waals surface area contributed by atoms with E-state index in [4.69, 9.17) is 9.47 Å². The van der Waals surface area contributed by atoms with Crippen molar-refractivity contribution in [3.8, 4) is 0 Å². The summed E-state index contributed by atoms with van der Waals surface area (Å²) in [6.07, 6.45) is 0.149. The standard InChI is InChI=1S/C14H19NO4/c1-3-13(10-18-11(2)16)15-14(17)19-9-12-7-5-4-6-8-12/h4-8,13H,3,9-10H2,1-2H3,(H,15,17). The third-order valence-electron chi connectivity index (χ3n) is 2.52. The summed E-state index contributed by atoms with van der Waals surface area (Å²) >= 11 is 0. The lowest BCUT2D eigenvalue weighted by molar-refractivity contribution is -0.141. The van der Waals surface area contributed by atoms with Crippen molar-refractivity contribution < 1.29 is 19.1 Å². The van der Waals surface area contributed by atoms with Crippen LogP contribution in [0.3, 0.4) is 0 Å². The van der Waals surface area contributed by atoms with E-state index >= 15 is 0 Å². The molecule has 1 aromatic carbocycles. The first-order valence-corrected chi connectivity index (χ1v) is 6.22. The second-order valence-electron chi connectivity index (χ2n) is 4.11. The predicted octanol–water partition coefficient (Wildman–Crippen LogP) is 2.25. The SMILES string of the molecule is CCC(COC(C)=O)NC(=O)OCc1ccccc1. The number of nitrogens with one attached hydrogen (secondary N) is 1. The number of rotatable bonds is 6. The fourth-order valence-corrected chi connectivity index (χ4v) is 1.41. The van der Waals surface area contributed by atoms with Crippen LogP contribution in [0.5, 0.6) is 0 Å². The highest BCUT2D eigenvalue weighted by atomic mass is 16.6. The van der Waals surface area contributed by atoms with Gasteiger partial charge >= 0.3 is 12.1 Å². The minimum absolute atomic E-state index is 0.159. The first-order valence-electron chi connectivity index (χ1n) is 6.22. The number of esters is 1. The molecule has 0 saturated carbocycles. The molecule has 0 spiro atoms. The van der Waals surface area contributed by atoms with Gasteiger partial charge in [-0.3, -0.25) is 4.79 Å². The van der Waals surface area contributed by atoms with Crippen LogP contribution in [0.15, 0.2) is 30.3 Å². The van der Waals surface area contributed by atoms with Gasteiger partial charge in [-0.1, -0.05) is 37.3 Å². The molecule has 0 heterocycles. The van der Waals surface area contributed by atoms with Gasteiger partial charge in [-0.05, 0) is 12.0 Å². The van der Waals surface area contributed by atoms with E-state index in [0.717, 1.165) is 5.56 Å². The van der Waals surface area contributed by atoms with Gasteiger partial charge in [0.15, 0.2) is 0 Å². The molecular formula is C14H19NO4. The van der Waals surface area contributed by atoms with E-state index in [1.165, 1.54) is 6.92 Å². The molecule has 1 amide bonds. The monoisotopic (exact) mass is 265 g/mol. The summed E-state index contributed by atoms with van der Waals surface area (Å²) in [6.45, 7) is 3.61. The highest BCUT2D eigenvalue weighted by Crippen LogP contribution is 2.01. The zero-order valence-electron chi connectivity index (χ0n) is 11.2. The van der Waals surface area contributed by atoms with Crippen molar-refractivity contribution in [2.45, 2.75) is 32.9 Å². The Morgan fingerprint density at radius 3 is 2.47 bits per heavy atom. The van der Waals surface area contributed by atoms with Crippen LogP contribution >= 0.6 is 0 Å². The van der Waals surface area contributed by atoms with E-state index in [-0.39, 0.29) is 25.2 Å². The minimum atomic E-state index is -0.511. The second kappa shape index (κ2) is 8.13. The summed E-state index contributed by atoms with van der Waals surface area (Å²) in [4.78, 5) is 22.3. The zero-order chi connectivity index (χ0) is 14.1. The van der Waals surface area contributed by atoms with Gasteiger partial charge in [-0.25, -0.2) is 4.79 Å². The summed E-state index contributed by atoms with van der Waals surface area (Å²) < 4.78 is 9.93. The van der Waals surface area contributed by atoms with Crippen LogP contribution in [0.25, 0.3) is 0 Å². The zero-order valence-corrected chi connectivity index (χ0v) is 11.2. The Balaban J connectivity index is 2.30. The Hall–Kier alpha value is -2.04. The van der Waals surface area contributed by atoms with Crippen LogP contribution < -0.4 is 5.32 Å². The average molecular weight is 265 g/mol. The highest BCUT2D eigenvalue weighted by Gasteiger charge is 2.12. The third-order valence-corrected chi connectivity index (χ3v) is 2.52. The van der Waals surface area contributed by atoms with E-state index in [1.54, 1.807) is 0 Å². The van der Waals surface area contributed by atoms with Gasteiger partial charge in [-0.2, -0.15) is 0 Å². The third kappa shape index (κ3) is 6.45.